The number of hydrogen-bond donors (Lipinski definition) is 0. The zero-order valence-electron chi connectivity index (χ0n) is 37.9. The number of carboxylic acids is 1. The summed E-state index contributed by atoms with van der Waals surface area (Å²) in [5.74, 6) is -1.79. The summed E-state index contributed by atoms with van der Waals surface area (Å²) >= 11 is 0. The van der Waals surface area contributed by atoms with Gasteiger partial charge in [-0.2, -0.15) is 0 Å². The van der Waals surface area contributed by atoms with Crippen LogP contribution >= 0.6 is 0 Å². The van der Waals surface area contributed by atoms with Gasteiger partial charge in [0, 0.05) is 19.3 Å². The van der Waals surface area contributed by atoms with Crippen LogP contribution in [0.1, 0.15) is 187 Å². The van der Waals surface area contributed by atoms with Crippen molar-refractivity contribution in [3.8, 4) is 0 Å². The molecule has 2 unspecified atom stereocenters. The number of likely N-dealkylation sites (N-methyl/N-ethyl adjacent to an activating group) is 1. The second-order valence-electron chi connectivity index (χ2n) is 16.7. The molecule has 0 rings (SSSR count). The molecule has 0 fully saturated rings. The van der Waals surface area contributed by atoms with Crippen LogP contribution in [0.15, 0.2) is 60.8 Å². The monoisotopic (exact) mass is 814 g/mol. The Hall–Kier alpha value is -2.97. The lowest BCUT2D eigenvalue weighted by Crippen LogP contribution is -2.55. The third-order valence-electron chi connectivity index (χ3n) is 10.3. The lowest BCUT2D eigenvalue weighted by atomic mass is 10.0. The fourth-order valence-corrected chi connectivity index (χ4v) is 6.68. The van der Waals surface area contributed by atoms with E-state index in [1.165, 1.54) is 103 Å². The first-order chi connectivity index (χ1) is 28.1. The highest BCUT2D eigenvalue weighted by Crippen LogP contribution is 2.16. The summed E-state index contributed by atoms with van der Waals surface area (Å²) in [6, 6.07) is -0.735. The number of aliphatic carboxylic acids is 1. The number of carbonyl (C=O) groups is 3. The van der Waals surface area contributed by atoms with E-state index in [1.54, 1.807) is 21.1 Å². The molecule has 0 N–H and O–H groups in total. The third-order valence-corrected chi connectivity index (χ3v) is 10.3. The van der Waals surface area contributed by atoms with Crippen molar-refractivity contribution in [2.45, 2.75) is 199 Å². The molecule has 0 aromatic heterocycles. The zero-order chi connectivity index (χ0) is 42.8. The minimum atomic E-state index is -1.13. The fourth-order valence-electron chi connectivity index (χ4n) is 6.68. The van der Waals surface area contributed by atoms with E-state index in [-0.39, 0.29) is 49.1 Å². The van der Waals surface area contributed by atoms with Gasteiger partial charge in [-0.05, 0) is 32.1 Å². The highest BCUT2D eigenvalue weighted by Gasteiger charge is 2.25. The van der Waals surface area contributed by atoms with Gasteiger partial charge in [-0.15, -0.1) is 0 Å². The maximum absolute atomic E-state index is 12.7. The van der Waals surface area contributed by atoms with E-state index in [9.17, 15) is 19.5 Å². The highest BCUT2D eigenvalue weighted by molar-refractivity contribution is 5.70. The maximum Gasteiger partial charge on any atom is 0.306 e. The molecule has 0 radical (unpaired) electrons. The summed E-state index contributed by atoms with van der Waals surface area (Å²) in [7, 11) is 5.39. The number of carbonyl (C=O) groups excluding carboxylic acids is 3. The molecule has 0 aliphatic carbocycles. The minimum absolute atomic E-state index is 0.0227. The van der Waals surface area contributed by atoms with Gasteiger partial charge in [-0.3, -0.25) is 9.59 Å². The molecule has 0 aromatic carbocycles. The second-order valence-corrected chi connectivity index (χ2v) is 16.7. The largest absolute Gasteiger partial charge is 0.544 e. The van der Waals surface area contributed by atoms with Crippen LogP contribution in [0.3, 0.4) is 0 Å². The maximum atomic E-state index is 12.7. The average molecular weight is 814 g/mol. The van der Waals surface area contributed by atoms with Crippen molar-refractivity contribution >= 4 is 17.9 Å². The lowest BCUT2D eigenvalue weighted by Gasteiger charge is -2.34. The van der Waals surface area contributed by atoms with Gasteiger partial charge in [-0.1, -0.05) is 197 Å². The van der Waals surface area contributed by atoms with Crippen molar-refractivity contribution in [1.29, 1.82) is 0 Å². The van der Waals surface area contributed by atoms with Crippen molar-refractivity contribution in [2.24, 2.45) is 0 Å². The number of quaternary nitrogens is 1. The predicted octanol–water partition coefficient (Wildman–Crippen LogP) is 11.6. The minimum Gasteiger partial charge on any atom is -0.544 e. The number of rotatable bonds is 41. The van der Waals surface area contributed by atoms with Crippen molar-refractivity contribution in [1.82, 2.24) is 0 Å². The predicted molar refractivity (Wildman–Crippen MR) is 240 cm³/mol. The number of nitrogens with zero attached hydrogens (tertiary/aromatic N) is 1. The summed E-state index contributed by atoms with van der Waals surface area (Å²) in [4.78, 5) is 36.9. The number of hydrogen-bond acceptors (Lipinski definition) is 7. The molecule has 0 bridgehead atoms. The van der Waals surface area contributed by atoms with Crippen LogP contribution in [0.25, 0.3) is 0 Å². The summed E-state index contributed by atoms with van der Waals surface area (Å²) in [5.41, 5.74) is 0. The van der Waals surface area contributed by atoms with Crippen LogP contribution in [-0.2, 0) is 28.6 Å². The van der Waals surface area contributed by atoms with E-state index in [4.69, 9.17) is 14.2 Å². The average Bonchev–Trinajstić information content (AvgIpc) is 3.18. The Labute approximate surface area is 356 Å². The normalized spacial score (nSPS) is 13.5. The van der Waals surface area contributed by atoms with E-state index in [0.29, 0.717) is 12.8 Å². The summed E-state index contributed by atoms with van der Waals surface area (Å²) in [5, 5.41) is 11.6. The number of ether oxygens (including phenoxy) is 3. The Kier molecular flexibility index (Phi) is 38.7. The van der Waals surface area contributed by atoms with E-state index in [0.717, 1.165) is 44.9 Å². The van der Waals surface area contributed by atoms with Crippen LogP contribution in [0.2, 0.25) is 0 Å². The summed E-state index contributed by atoms with van der Waals surface area (Å²) in [6.07, 6.45) is 49.6. The lowest BCUT2D eigenvalue weighted by molar-refractivity contribution is -0.889. The number of allylic oxidation sites excluding steroid dienone is 10. The molecule has 0 heterocycles. The standard InChI is InChI=1S/C50H87NO7/c1-6-8-10-12-14-16-18-20-22-23-24-25-27-28-30-32-34-36-38-40-48(52)57-45-46(44-56-43-42-47(50(54)55)51(3,4)5)58-49(53)41-39-37-35-33-31-29-26-21-19-17-15-13-11-9-7-2/h9,11,13,15,17,19,21,26,29,31,46-47H,6-8,10,12,14,16,18,20,22-25,27-28,30,32-45H2,1-5H3/b11-9+,15-13+,19-17+,26-21+,31-29+. The Bertz CT molecular complexity index is 1130. The zero-order valence-corrected chi connectivity index (χ0v) is 37.9. The molecule has 58 heavy (non-hydrogen) atoms. The molecular weight excluding hydrogens is 727 g/mol. The molecule has 0 amide bonds. The van der Waals surface area contributed by atoms with Crippen LogP contribution in [0.4, 0.5) is 0 Å². The number of unbranched alkanes of at least 4 members (excludes halogenated alkanes) is 21. The van der Waals surface area contributed by atoms with Crippen molar-refractivity contribution in [3.63, 3.8) is 0 Å². The van der Waals surface area contributed by atoms with Gasteiger partial charge in [0.2, 0.25) is 0 Å². The molecule has 8 heteroatoms. The Morgan fingerprint density at radius 2 is 0.966 bits per heavy atom. The topological polar surface area (TPSA) is 102 Å². The molecule has 0 aliphatic rings. The fraction of sp³-hybridized carbons (Fsp3) is 0.740. The first kappa shape index (κ1) is 55.0. The molecule has 0 aromatic rings. The first-order valence-electron chi connectivity index (χ1n) is 23.4. The van der Waals surface area contributed by atoms with Crippen molar-refractivity contribution in [3.05, 3.63) is 60.8 Å². The Morgan fingerprint density at radius 1 is 0.534 bits per heavy atom. The van der Waals surface area contributed by atoms with Crippen molar-refractivity contribution in [2.75, 3.05) is 41.0 Å². The van der Waals surface area contributed by atoms with E-state index >= 15 is 0 Å². The second kappa shape index (κ2) is 40.8. The van der Waals surface area contributed by atoms with Gasteiger partial charge in [-0.25, -0.2) is 0 Å². The van der Waals surface area contributed by atoms with Crippen LogP contribution < -0.4 is 5.11 Å². The van der Waals surface area contributed by atoms with E-state index in [2.05, 4.69) is 26.0 Å². The van der Waals surface area contributed by atoms with Crippen LogP contribution in [0, 0.1) is 0 Å². The van der Waals surface area contributed by atoms with Gasteiger partial charge in [0.25, 0.3) is 0 Å². The summed E-state index contributed by atoms with van der Waals surface area (Å²) in [6.45, 7) is 4.48. The molecule has 0 saturated carbocycles. The van der Waals surface area contributed by atoms with Gasteiger partial charge in [0.05, 0.1) is 40.3 Å². The smallest absolute Gasteiger partial charge is 0.306 e. The molecule has 8 nitrogen and oxygen atoms in total. The SMILES string of the molecule is CC/C=C/C=C/C=C/C=C/C=C/CCCCCC(=O)OC(COCCC(C(=O)[O-])[N+](C)(C)C)COC(=O)CCCCCCCCCCCCCCCCCCCCC. The number of esters is 2. The highest BCUT2D eigenvalue weighted by atomic mass is 16.6. The summed E-state index contributed by atoms with van der Waals surface area (Å²) < 4.78 is 17.1. The molecule has 0 aliphatic heterocycles. The molecular formula is C50H87NO7. The van der Waals surface area contributed by atoms with E-state index in [1.807, 2.05) is 48.6 Å². The van der Waals surface area contributed by atoms with Crippen molar-refractivity contribution < 1.29 is 38.2 Å². The molecule has 0 spiro atoms. The van der Waals surface area contributed by atoms with Gasteiger partial charge < -0.3 is 28.6 Å². The van der Waals surface area contributed by atoms with Crippen LogP contribution in [0.5, 0.6) is 0 Å². The van der Waals surface area contributed by atoms with Gasteiger partial charge in [0.1, 0.15) is 12.6 Å². The molecule has 2 atom stereocenters. The molecule has 334 valence electrons. The van der Waals surface area contributed by atoms with E-state index < -0.39 is 18.1 Å². The molecule has 0 saturated heterocycles. The Morgan fingerprint density at radius 3 is 1.43 bits per heavy atom. The Balaban J connectivity index is 4.33. The van der Waals surface area contributed by atoms with Gasteiger partial charge >= 0.3 is 11.9 Å². The van der Waals surface area contributed by atoms with Crippen LogP contribution in [-0.4, -0.2) is 75.5 Å². The quantitative estimate of drug-likeness (QED) is 0.0262. The first-order valence-corrected chi connectivity index (χ1v) is 23.4. The third kappa shape index (κ3) is 38.5. The van der Waals surface area contributed by atoms with Gasteiger partial charge in [0.15, 0.2) is 6.10 Å². The number of carboxylic acid groups (broad SMARTS) is 1.